The fourth-order valence-corrected chi connectivity index (χ4v) is 1.81. The van der Waals surface area contributed by atoms with Crippen LogP contribution in [0, 0.1) is 0 Å². The molecule has 0 saturated carbocycles. The van der Waals surface area contributed by atoms with Crippen molar-refractivity contribution in [3.05, 3.63) is 66.2 Å². The van der Waals surface area contributed by atoms with Gasteiger partial charge < -0.3 is 0 Å². The molecule has 0 saturated heterocycles. The minimum atomic E-state index is -0.435. The molecule has 2 amide bonds. The molecule has 3 aromatic rings. The predicted octanol–water partition coefficient (Wildman–Crippen LogP) is 0.132. The quantitative estimate of drug-likeness (QED) is 0.665. The zero-order valence-corrected chi connectivity index (χ0v) is 11.7. The van der Waals surface area contributed by atoms with Crippen molar-refractivity contribution in [1.29, 1.82) is 0 Å². The van der Waals surface area contributed by atoms with E-state index in [0.29, 0.717) is 16.8 Å². The monoisotopic (exact) mass is 309 g/mol. The van der Waals surface area contributed by atoms with E-state index in [-0.39, 0.29) is 0 Å². The minimum absolute atomic E-state index is 0.386. The highest BCUT2D eigenvalue weighted by molar-refractivity contribution is 5.99. The van der Waals surface area contributed by atoms with E-state index in [1.807, 2.05) is 0 Å². The van der Waals surface area contributed by atoms with Crippen LogP contribution in [0.25, 0.3) is 5.69 Å². The standard InChI is InChI=1S/C14H11N7O2/c22-13(17-18-14(23)11-5-7-15-8-6-11)10-1-3-12(4-2-10)21-9-16-19-20-21/h1-9H,(H,17,22)(H,18,23). The summed E-state index contributed by atoms with van der Waals surface area (Å²) in [5.41, 5.74) is 6.18. The van der Waals surface area contributed by atoms with Crippen molar-refractivity contribution in [3.63, 3.8) is 0 Å². The highest BCUT2D eigenvalue weighted by atomic mass is 16.2. The fourth-order valence-electron chi connectivity index (χ4n) is 1.81. The molecule has 1 aromatic carbocycles. The first kappa shape index (κ1) is 14.3. The molecule has 2 aromatic heterocycles. The Morgan fingerprint density at radius 1 is 0.870 bits per heavy atom. The Morgan fingerprint density at radius 3 is 2.04 bits per heavy atom. The summed E-state index contributed by atoms with van der Waals surface area (Å²) in [5, 5.41) is 10.8. The number of rotatable bonds is 3. The van der Waals surface area contributed by atoms with Crippen LogP contribution in [0.4, 0.5) is 0 Å². The maximum Gasteiger partial charge on any atom is 0.269 e. The average molecular weight is 309 g/mol. The summed E-state index contributed by atoms with van der Waals surface area (Å²) in [6.07, 6.45) is 4.44. The van der Waals surface area contributed by atoms with Gasteiger partial charge in [-0.3, -0.25) is 25.4 Å². The predicted molar refractivity (Wildman–Crippen MR) is 78.3 cm³/mol. The molecule has 0 aliphatic heterocycles. The lowest BCUT2D eigenvalue weighted by molar-refractivity contribution is 0.0846. The van der Waals surface area contributed by atoms with Crippen molar-refractivity contribution in [1.82, 2.24) is 36.0 Å². The molecule has 3 rings (SSSR count). The molecule has 23 heavy (non-hydrogen) atoms. The molecule has 2 heterocycles. The molecule has 0 unspecified atom stereocenters. The molecule has 9 nitrogen and oxygen atoms in total. The lowest BCUT2D eigenvalue weighted by Crippen LogP contribution is -2.41. The van der Waals surface area contributed by atoms with Crippen LogP contribution >= 0.6 is 0 Å². The van der Waals surface area contributed by atoms with Crippen molar-refractivity contribution < 1.29 is 9.59 Å². The van der Waals surface area contributed by atoms with Gasteiger partial charge in [0.15, 0.2) is 0 Å². The number of carbonyl (C=O) groups is 2. The normalized spacial score (nSPS) is 10.1. The van der Waals surface area contributed by atoms with Crippen molar-refractivity contribution >= 4 is 11.8 Å². The number of nitrogens with one attached hydrogen (secondary N) is 2. The van der Waals surface area contributed by atoms with Crippen molar-refractivity contribution in [2.75, 3.05) is 0 Å². The third-order valence-corrected chi connectivity index (χ3v) is 2.98. The summed E-state index contributed by atoms with van der Waals surface area (Å²) in [6.45, 7) is 0. The van der Waals surface area contributed by atoms with Gasteiger partial charge in [-0.25, -0.2) is 4.68 Å². The number of carbonyl (C=O) groups excluding carboxylic acids is 2. The number of hydrogen-bond donors (Lipinski definition) is 2. The van der Waals surface area contributed by atoms with Crippen LogP contribution < -0.4 is 10.9 Å². The topological polar surface area (TPSA) is 115 Å². The van der Waals surface area contributed by atoms with Crippen LogP contribution in [-0.2, 0) is 0 Å². The first-order valence-corrected chi connectivity index (χ1v) is 6.58. The molecular weight excluding hydrogens is 298 g/mol. The molecule has 114 valence electrons. The molecule has 0 fully saturated rings. The van der Waals surface area contributed by atoms with Gasteiger partial charge in [-0.2, -0.15) is 0 Å². The molecular formula is C14H11N7O2. The highest BCUT2D eigenvalue weighted by Gasteiger charge is 2.09. The summed E-state index contributed by atoms with van der Waals surface area (Å²) in [5.74, 6) is -0.860. The van der Waals surface area contributed by atoms with Gasteiger partial charge in [-0.1, -0.05) is 0 Å². The Kier molecular flexibility index (Phi) is 4.01. The van der Waals surface area contributed by atoms with Gasteiger partial charge >= 0.3 is 0 Å². The molecule has 2 N–H and O–H groups in total. The molecule has 0 atom stereocenters. The minimum Gasteiger partial charge on any atom is -0.267 e. The van der Waals surface area contributed by atoms with Gasteiger partial charge in [0.1, 0.15) is 6.33 Å². The smallest absolute Gasteiger partial charge is 0.267 e. The Bertz CT molecular complexity index is 801. The second-order valence-corrected chi connectivity index (χ2v) is 4.45. The Hall–Kier alpha value is -3.62. The summed E-state index contributed by atoms with van der Waals surface area (Å²) in [7, 11) is 0. The molecule has 0 bridgehead atoms. The Labute approximate surface area is 130 Å². The lowest BCUT2D eigenvalue weighted by Gasteiger charge is -2.07. The van der Waals surface area contributed by atoms with E-state index in [9.17, 15) is 9.59 Å². The lowest BCUT2D eigenvalue weighted by atomic mass is 10.2. The van der Waals surface area contributed by atoms with E-state index in [2.05, 4.69) is 31.4 Å². The van der Waals surface area contributed by atoms with Gasteiger partial charge in [0.05, 0.1) is 5.69 Å². The SMILES string of the molecule is O=C(NNC(=O)c1ccc(-n2cnnn2)cc1)c1ccncc1. The van der Waals surface area contributed by atoms with Gasteiger partial charge in [0.25, 0.3) is 11.8 Å². The molecule has 0 aliphatic carbocycles. The van der Waals surface area contributed by atoms with Crippen LogP contribution in [0.5, 0.6) is 0 Å². The number of hydrogen-bond acceptors (Lipinski definition) is 6. The Balaban J connectivity index is 1.61. The fraction of sp³-hybridized carbons (Fsp3) is 0. The number of pyridine rings is 1. The van der Waals surface area contributed by atoms with E-state index in [1.54, 1.807) is 36.4 Å². The van der Waals surface area contributed by atoms with Crippen LogP contribution in [0.15, 0.2) is 55.1 Å². The van der Waals surface area contributed by atoms with E-state index in [1.165, 1.54) is 23.4 Å². The number of aromatic nitrogens is 5. The van der Waals surface area contributed by atoms with Gasteiger partial charge in [0.2, 0.25) is 0 Å². The third kappa shape index (κ3) is 3.35. The maximum atomic E-state index is 12.0. The third-order valence-electron chi connectivity index (χ3n) is 2.98. The van der Waals surface area contributed by atoms with Gasteiger partial charge in [-0.05, 0) is 46.8 Å². The van der Waals surface area contributed by atoms with E-state index in [0.717, 1.165) is 0 Å². The largest absolute Gasteiger partial charge is 0.269 e. The molecule has 0 aliphatic rings. The zero-order chi connectivity index (χ0) is 16.1. The number of hydrazine groups is 1. The van der Waals surface area contributed by atoms with Gasteiger partial charge in [-0.15, -0.1) is 5.10 Å². The van der Waals surface area contributed by atoms with Crippen LogP contribution in [0.3, 0.4) is 0 Å². The van der Waals surface area contributed by atoms with Crippen molar-refractivity contribution in [2.45, 2.75) is 0 Å². The Morgan fingerprint density at radius 2 is 1.48 bits per heavy atom. The summed E-state index contributed by atoms with van der Waals surface area (Å²) in [6, 6.07) is 9.67. The second-order valence-electron chi connectivity index (χ2n) is 4.45. The summed E-state index contributed by atoms with van der Waals surface area (Å²) in [4.78, 5) is 27.6. The van der Waals surface area contributed by atoms with E-state index < -0.39 is 11.8 Å². The van der Waals surface area contributed by atoms with E-state index >= 15 is 0 Å². The second kappa shape index (κ2) is 6.43. The summed E-state index contributed by atoms with van der Waals surface area (Å²) < 4.78 is 1.47. The average Bonchev–Trinajstić information content (AvgIpc) is 3.15. The molecule has 0 spiro atoms. The number of amides is 2. The van der Waals surface area contributed by atoms with Crippen molar-refractivity contribution in [3.8, 4) is 5.69 Å². The zero-order valence-electron chi connectivity index (χ0n) is 11.7. The highest BCUT2D eigenvalue weighted by Crippen LogP contribution is 2.07. The summed E-state index contributed by atoms with van der Waals surface area (Å²) >= 11 is 0. The van der Waals surface area contributed by atoms with Crippen LogP contribution in [-0.4, -0.2) is 37.0 Å². The first-order chi connectivity index (χ1) is 11.2. The maximum absolute atomic E-state index is 12.0. The number of nitrogens with zero attached hydrogens (tertiary/aromatic N) is 5. The van der Waals surface area contributed by atoms with Crippen LogP contribution in [0.1, 0.15) is 20.7 Å². The first-order valence-electron chi connectivity index (χ1n) is 6.58. The number of benzene rings is 1. The molecule has 9 heteroatoms. The number of tetrazole rings is 1. The molecule has 0 radical (unpaired) electrons. The van der Waals surface area contributed by atoms with E-state index in [4.69, 9.17) is 0 Å². The van der Waals surface area contributed by atoms with Crippen molar-refractivity contribution in [2.24, 2.45) is 0 Å². The van der Waals surface area contributed by atoms with Crippen LogP contribution in [0.2, 0.25) is 0 Å². The van der Waals surface area contributed by atoms with Gasteiger partial charge in [0, 0.05) is 23.5 Å².